The number of amides is 1. The Labute approximate surface area is 162 Å². The number of anilines is 1. The van der Waals surface area contributed by atoms with Crippen LogP contribution < -0.4 is 10.9 Å². The minimum absolute atomic E-state index is 0.168. The summed E-state index contributed by atoms with van der Waals surface area (Å²) in [6.07, 6.45) is -2.86. The summed E-state index contributed by atoms with van der Waals surface area (Å²) in [6.45, 7) is 3.95. The molecule has 5 nitrogen and oxygen atoms in total. The number of nitrogens with zero attached hydrogens (tertiary/aromatic N) is 2. The first-order chi connectivity index (χ1) is 13.2. The van der Waals surface area contributed by atoms with E-state index in [2.05, 4.69) is 10.3 Å². The smallest absolute Gasteiger partial charge is 0.320 e. The molecule has 1 aromatic carbocycles. The zero-order chi connectivity index (χ0) is 20.5. The molecule has 0 radical (unpaired) electrons. The number of carbonyl (C=O) groups is 1. The fourth-order valence-electron chi connectivity index (χ4n) is 2.57. The average molecular weight is 407 g/mol. The average Bonchev–Trinajstić information content (AvgIpc) is 3.04. The number of pyridine rings is 1. The number of alkyl halides is 3. The van der Waals surface area contributed by atoms with Crippen molar-refractivity contribution < 1.29 is 18.0 Å². The van der Waals surface area contributed by atoms with Gasteiger partial charge in [0.05, 0.1) is 16.9 Å². The molecule has 0 spiro atoms. The normalized spacial score (nSPS) is 11.5. The summed E-state index contributed by atoms with van der Waals surface area (Å²) in [7, 11) is 0. The van der Waals surface area contributed by atoms with Crippen LogP contribution in [0.3, 0.4) is 0 Å². The van der Waals surface area contributed by atoms with Crippen LogP contribution in [0.5, 0.6) is 0 Å². The van der Waals surface area contributed by atoms with Gasteiger partial charge in [-0.2, -0.15) is 13.2 Å². The van der Waals surface area contributed by atoms with Crippen molar-refractivity contribution in [1.82, 2.24) is 9.55 Å². The van der Waals surface area contributed by atoms with Gasteiger partial charge in [0.1, 0.15) is 9.88 Å². The number of halogens is 3. The van der Waals surface area contributed by atoms with Crippen LogP contribution in [0.15, 0.2) is 47.4 Å². The minimum atomic E-state index is -4.41. The third-order valence-corrected chi connectivity index (χ3v) is 5.25. The van der Waals surface area contributed by atoms with Crippen molar-refractivity contribution in [3.05, 3.63) is 69.1 Å². The van der Waals surface area contributed by atoms with Gasteiger partial charge in [-0.25, -0.2) is 4.98 Å². The van der Waals surface area contributed by atoms with Gasteiger partial charge in [0, 0.05) is 24.4 Å². The monoisotopic (exact) mass is 407 g/mol. The maximum atomic E-state index is 12.7. The molecule has 28 heavy (non-hydrogen) atoms. The van der Waals surface area contributed by atoms with Crippen molar-refractivity contribution in [1.29, 1.82) is 0 Å². The molecule has 1 N–H and O–H groups in total. The SMILES string of the molecule is CCn1cc(NC(=O)c2sc(-c3ccc(C(F)(F)F)cc3)nc2C)ccc1=O. The quantitative estimate of drug-likeness (QED) is 0.689. The van der Waals surface area contributed by atoms with Gasteiger partial charge in [-0.05, 0) is 32.0 Å². The number of hydrogen-bond acceptors (Lipinski definition) is 4. The van der Waals surface area contributed by atoms with Crippen molar-refractivity contribution in [2.24, 2.45) is 0 Å². The van der Waals surface area contributed by atoms with Crippen molar-refractivity contribution in [3.8, 4) is 10.6 Å². The minimum Gasteiger partial charge on any atom is -0.320 e. The molecule has 0 atom stereocenters. The van der Waals surface area contributed by atoms with Gasteiger partial charge in [0.2, 0.25) is 0 Å². The summed E-state index contributed by atoms with van der Waals surface area (Å²) in [6, 6.07) is 7.52. The second kappa shape index (κ2) is 7.59. The van der Waals surface area contributed by atoms with E-state index in [1.807, 2.05) is 6.92 Å². The van der Waals surface area contributed by atoms with Crippen LogP contribution in [0.4, 0.5) is 18.9 Å². The van der Waals surface area contributed by atoms with Crippen molar-refractivity contribution in [2.75, 3.05) is 5.32 Å². The Kier molecular flexibility index (Phi) is 5.37. The molecule has 0 bridgehead atoms. The topological polar surface area (TPSA) is 64.0 Å². The van der Waals surface area contributed by atoms with E-state index in [4.69, 9.17) is 0 Å². The predicted molar refractivity (Wildman–Crippen MR) is 102 cm³/mol. The summed E-state index contributed by atoms with van der Waals surface area (Å²) in [5.41, 5.74) is 0.531. The first kappa shape index (κ1) is 19.8. The molecule has 0 fully saturated rings. The van der Waals surface area contributed by atoms with E-state index in [9.17, 15) is 22.8 Å². The van der Waals surface area contributed by atoms with Gasteiger partial charge in [-0.3, -0.25) is 9.59 Å². The molecule has 146 valence electrons. The molecule has 0 aliphatic heterocycles. The van der Waals surface area contributed by atoms with E-state index in [0.29, 0.717) is 33.4 Å². The summed E-state index contributed by atoms with van der Waals surface area (Å²) in [5.74, 6) is -0.394. The molecule has 0 saturated carbocycles. The Morgan fingerprint density at radius 2 is 1.86 bits per heavy atom. The molecule has 0 saturated heterocycles. The summed E-state index contributed by atoms with van der Waals surface area (Å²) < 4.78 is 39.5. The lowest BCUT2D eigenvalue weighted by atomic mass is 10.1. The number of hydrogen-bond donors (Lipinski definition) is 1. The van der Waals surface area contributed by atoms with Crippen LogP contribution in [0.2, 0.25) is 0 Å². The largest absolute Gasteiger partial charge is 0.416 e. The fourth-order valence-corrected chi connectivity index (χ4v) is 3.54. The zero-order valence-corrected chi connectivity index (χ0v) is 15.8. The second-order valence-electron chi connectivity index (χ2n) is 6.00. The molecule has 0 aliphatic rings. The van der Waals surface area contributed by atoms with Gasteiger partial charge in [-0.1, -0.05) is 12.1 Å². The Balaban J connectivity index is 1.83. The second-order valence-corrected chi connectivity index (χ2v) is 7.00. The first-order valence-corrected chi connectivity index (χ1v) is 9.17. The Bertz CT molecular complexity index is 1070. The zero-order valence-electron chi connectivity index (χ0n) is 15.0. The molecule has 2 aromatic heterocycles. The first-order valence-electron chi connectivity index (χ1n) is 8.36. The highest BCUT2D eigenvalue weighted by Gasteiger charge is 2.30. The Morgan fingerprint density at radius 1 is 1.18 bits per heavy atom. The molecule has 3 aromatic rings. The summed E-state index contributed by atoms with van der Waals surface area (Å²) in [4.78, 5) is 28.9. The number of benzene rings is 1. The van der Waals surface area contributed by atoms with Crippen molar-refractivity contribution in [2.45, 2.75) is 26.6 Å². The van der Waals surface area contributed by atoms with Gasteiger partial charge >= 0.3 is 6.18 Å². The molecular formula is C19H16F3N3O2S. The van der Waals surface area contributed by atoms with E-state index in [-0.39, 0.29) is 5.56 Å². The van der Waals surface area contributed by atoms with Gasteiger partial charge in [0.25, 0.3) is 11.5 Å². The summed E-state index contributed by atoms with van der Waals surface area (Å²) >= 11 is 1.09. The third-order valence-electron chi connectivity index (χ3n) is 4.04. The van der Waals surface area contributed by atoms with E-state index >= 15 is 0 Å². The van der Waals surface area contributed by atoms with Crippen molar-refractivity contribution in [3.63, 3.8) is 0 Å². The van der Waals surface area contributed by atoms with Crippen LogP contribution in [0.1, 0.15) is 27.9 Å². The van der Waals surface area contributed by atoms with E-state index in [1.54, 1.807) is 13.1 Å². The summed E-state index contributed by atoms with van der Waals surface area (Å²) in [5, 5.41) is 3.17. The van der Waals surface area contributed by atoms with E-state index in [1.165, 1.54) is 28.8 Å². The highest BCUT2D eigenvalue weighted by Crippen LogP contribution is 2.33. The van der Waals surface area contributed by atoms with Crippen LogP contribution in [0, 0.1) is 6.92 Å². The van der Waals surface area contributed by atoms with Crippen LogP contribution in [-0.4, -0.2) is 15.5 Å². The van der Waals surface area contributed by atoms with Gasteiger partial charge in [0.15, 0.2) is 0 Å². The van der Waals surface area contributed by atoms with Crippen LogP contribution in [-0.2, 0) is 12.7 Å². The number of rotatable bonds is 4. The predicted octanol–water partition coefficient (Wildman–Crippen LogP) is 4.57. The Hall–Kier alpha value is -2.94. The molecule has 9 heteroatoms. The van der Waals surface area contributed by atoms with Gasteiger partial charge < -0.3 is 9.88 Å². The van der Waals surface area contributed by atoms with E-state index in [0.717, 1.165) is 23.5 Å². The third kappa shape index (κ3) is 4.14. The molecule has 2 heterocycles. The number of carbonyl (C=O) groups excluding carboxylic acids is 1. The maximum absolute atomic E-state index is 12.7. The highest BCUT2D eigenvalue weighted by atomic mass is 32.1. The number of nitrogens with one attached hydrogen (secondary N) is 1. The van der Waals surface area contributed by atoms with Gasteiger partial charge in [-0.15, -0.1) is 11.3 Å². The lowest BCUT2D eigenvalue weighted by molar-refractivity contribution is -0.137. The molecule has 0 aliphatic carbocycles. The molecule has 1 amide bonds. The lowest BCUT2D eigenvalue weighted by Crippen LogP contribution is -2.19. The lowest BCUT2D eigenvalue weighted by Gasteiger charge is -2.07. The van der Waals surface area contributed by atoms with Crippen LogP contribution in [0.25, 0.3) is 10.6 Å². The molecule has 3 rings (SSSR count). The standard InChI is InChI=1S/C19H16F3N3O2S/c1-3-25-10-14(8-9-15(25)26)24-17(27)16-11(2)23-18(28-16)12-4-6-13(7-5-12)19(20,21)22/h4-10H,3H2,1-2H3,(H,24,27). The van der Waals surface area contributed by atoms with E-state index < -0.39 is 17.6 Å². The Morgan fingerprint density at radius 3 is 2.46 bits per heavy atom. The maximum Gasteiger partial charge on any atom is 0.416 e. The van der Waals surface area contributed by atoms with Crippen molar-refractivity contribution >= 4 is 22.9 Å². The van der Waals surface area contributed by atoms with Crippen LogP contribution >= 0.6 is 11.3 Å². The highest BCUT2D eigenvalue weighted by molar-refractivity contribution is 7.17. The molecule has 0 unspecified atom stereocenters. The molecular weight excluding hydrogens is 391 g/mol. The number of thiazole rings is 1. The number of aryl methyl sites for hydroxylation is 2. The fraction of sp³-hybridized carbons (Fsp3) is 0.211. The number of aromatic nitrogens is 2.